The first kappa shape index (κ1) is 13.3. The lowest BCUT2D eigenvalue weighted by atomic mass is 10.3. The highest BCUT2D eigenvalue weighted by Crippen LogP contribution is 2.06. The first-order valence-electron chi connectivity index (χ1n) is 3.82. The molecule has 2 nitrogen and oxygen atoms in total. The van der Waals surface area contributed by atoms with E-state index in [-0.39, 0.29) is 0 Å². The molecule has 0 saturated carbocycles. The summed E-state index contributed by atoms with van der Waals surface area (Å²) in [4.78, 5) is 0. The minimum absolute atomic E-state index is 0.898. The summed E-state index contributed by atoms with van der Waals surface area (Å²) in [5.74, 6) is 0.898. The van der Waals surface area contributed by atoms with Gasteiger partial charge in [-0.3, -0.25) is 0 Å². The summed E-state index contributed by atoms with van der Waals surface area (Å²) < 4.78 is 43.1. The molecule has 0 spiro atoms. The van der Waals surface area contributed by atoms with Crippen LogP contribution in [0.1, 0.15) is 0 Å². The molecule has 0 aliphatic rings. The molecule has 0 atom stereocenters. The van der Waals surface area contributed by atoms with Crippen LogP contribution >= 0.6 is 12.6 Å². The van der Waals surface area contributed by atoms with Crippen LogP contribution in [-0.2, 0) is 13.6 Å². The molecule has 1 rings (SSSR count). The van der Waals surface area contributed by atoms with E-state index < -0.39 is 7.25 Å². The van der Waals surface area contributed by atoms with E-state index in [4.69, 9.17) is 0 Å². The molecule has 0 fully saturated rings. The highest BCUT2D eigenvalue weighted by Gasteiger charge is 2.20. The quantitative estimate of drug-likeness (QED) is 0.341. The Bertz CT molecular complexity index is 257. The lowest BCUT2D eigenvalue weighted by Gasteiger charge is -1.94. The minimum atomic E-state index is -6.00. The van der Waals surface area contributed by atoms with Gasteiger partial charge in [0, 0.05) is 5.75 Å². The molecule has 1 aromatic heterocycles. The molecule has 0 radical (unpaired) electrons. The first-order valence-corrected chi connectivity index (χ1v) is 4.45. The first-order chi connectivity index (χ1) is 6.33. The van der Waals surface area contributed by atoms with Gasteiger partial charge in [0.15, 0.2) is 0 Å². The van der Waals surface area contributed by atoms with Crippen molar-refractivity contribution in [2.24, 2.45) is 7.05 Å². The number of hydrogen-bond acceptors (Lipinski definition) is 1. The maximum atomic E-state index is 9.75. The maximum absolute atomic E-state index is 9.75. The number of aryl methyl sites for hydroxylation is 2. The van der Waals surface area contributed by atoms with Crippen LogP contribution in [0.2, 0.25) is 0 Å². The monoisotopic (exact) mass is 230 g/mol. The van der Waals surface area contributed by atoms with E-state index in [1.165, 1.54) is 0 Å². The van der Waals surface area contributed by atoms with Crippen molar-refractivity contribution in [2.75, 3.05) is 5.75 Å². The second-order valence-electron chi connectivity index (χ2n) is 2.54. The van der Waals surface area contributed by atoms with Gasteiger partial charge in [-0.15, -0.1) is 0 Å². The largest absolute Gasteiger partial charge is 0.673 e. The van der Waals surface area contributed by atoms with E-state index >= 15 is 0 Å². The highest BCUT2D eigenvalue weighted by atomic mass is 32.1. The SMILES string of the molecule is C[n+]1ccn(CCS)c1.F[B-](F)(F)F. The fourth-order valence-corrected chi connectivity index (χ4v) is 0.980. The van der Waals surface area contributed by atoms with Gasteiger partial charge in [0.2, 0.25) is 6.33 Å². The zero-order chi connectivity index (χ0) is 11.2. The van der Waals surface area contributed by atoms with Gasteiger partial charge >= 0.3 is 7.25 Å². The maximum Gasteiger partial charge on any atom is 0.673 e. The summed E-state index contributed by atoms with van der Waals surface area (Å²) in [6.07, 6.45) is 6.09. The number of imidazole rings is 1. The molecule has 1 aromatic rings. The van der Waals surface area contributed by atoms with E-state index in [1.807, 2.05) is 30.3 Å². The van der Waals surface area contributed by atoms with Crippen LogP contribution in [0.25, 0.3) is 0 Å². The van der Waals surface area contributed by atoms with Crippen molar-refractivity contribution in [3.63, 3.8) is 0 Å². The molecule has 82 valence electrons. The Morgan fingerprint density at radius 1 is 1.36 bits per heavy atom. The fourth-order valence-electron chi connectivity index (χ4n) is 0.749. The summed E-state index contributed by atoms with van der Waals surface area (Å²) in [5, 5.41) is 0. The number of halogens is 4. The molecule has 8 heteroatoms. The Labute approximate surface area is 85.1 Å². The molecule has 0 aliphatic heterocycles. The van der Waals surface area contributed by atoms with E-state index in [9.17, 15) is 17.3 Å². The molecule has 0 aromatic carbocycles. The van der Waals surface area contributed by atoms with Crippen LogP contribution in [0.15, 0.2) is 18.7 Å². The number of rotatable bonds is 2. The van der Waals surface area contributed by atoms with Gasteiger partial charge in [-0.05, 0) is 0 Å². The molecule has 0 aliphatic carbocycles. The molecular formula is C6H11BF4N2S. The standard InChI is InChI=1S/C6H10N2S.BF4/c1-7-2-3-8(6-7)4-5-9;2-1(3,4)5/h2-3,6H,4-5H2,1H3;/q;-1/p+1. The molecule has 1 heterocycles. The van der Waals surface area contributed by atoms with E-state index in [1.54, 1.807) is 0 Å². The van der Waals surface area contributed by atoms with Crippen molar-refractivity contribution < 1.29 is 21.8 Å². The van der Waals surface area contributed by atoms with Crippen molar-refractivity contribution in [1.29, 1.82) is 0 Å². The van der Waals surface area contributed by atoms with Crippen molar-refractivity contribution in [3.05, 3.63) is 18.7 Å². The average Bonchev–Trinajstić information content (AvgIpc) is 2.32. The molecule has 0 bridgehead atoms. The zero-order valence-electron chi connectivity index (χ0n) is 7.58. The van der Waals surface area contributed by atoms with Gasteiger partial charge in [0.25, 0.3) is 0 Å². The number of aromatic nitrogens is 2. The molecular weight excluding hydrogens is 219 g/mol. The van der Waals surface area contributed by atoms with Crippen LogP contribution in [-0.4, -0.2) is 17.6 Å². The summed E-state index contributed by atoms with van der Waals surface area (Å²) in [6.45, 7) is 0.990. The fraction of sp³-hybridized carbons (Fsp3) is 0.500. The van der Waals surface area contributed by atoms with Crippen LogP contribution < -0.4 is 4.57 Å². The summed E-state index contributed by atoms with van der Waals surface area (Å²) in [5.41, 5.74) is 0. The van der Waals surface area contributed by atoms with Gasteiger partial charge in [-0.1, -0.05) is 0 Å². The smallest absolute Gasteiger partial charge is 0.418 e. The van der Waals surface area contributed by atoms with E-state index in [0.717, 1.165) is 12.3 Å². The zero-order valence-corrected chi connectivity index (χ0v) is 8.47. The van der Waals surface area contributed by atoms with Crippen molar-refractivity contribution in [2.45, 2.75) is 6.54 Å². The summed E-state index contributed by atoms with van der Waals surface area (Å²) in [6, 6.07) is 0. The third kappa shape index (κ3) is 9.43. The van der Waals surface area contributed by atoms with Gasteiger partial charge < -0.3 is 17.3 Å². The predicted octanol–water partition coefficient (Wildman–Crippen LogP) is 1.54. The number of thiol groups is 1. The van der Waals surface area contributed by atoms with Crippen molar-refractivity contribution in [3.8, 4) is 0 Å². The predicted molar refractivity (Wildman–Crippen MR) is 49.6 cm³/mol. The molecule has 0 N–H and O–H groups in total. The van der Waals surface area contributed by atoms with Gasteiger partial charge in [-0.25, -0.2) is 9.13 Å². The molecule has 0 saturated heterocycles. The molecule has 0 unspecified atom stereocenters. The molecule has 14 heavy (non-hydrogen) atoms. The topological polar surface area (TPSA) is 8.81 Å². The third-order valence-electron chi connectivity index (χ3n) is 1.18. The Balaban J connectivity index is 0.000000292. The van der Waals surface area contributed by atoms with Gasteiger partial charge in [0.05, 0.1) is 13.6 Å². The van der Waals surface area contributed by atoms with Crippen LogP contribution in [0.5, 0.6) is 0 Å². The Hall–Kier alpha value is -0.655. The second-order valence-corrected chi connectivity index (χ2v) is 2.98. The number of nitrogens with zero attached hydrogens (tertiary/aromatic N) is 2. The van der Waals surface area contributed by atoms with Gasteiger partial charge in [0.1, 0.15) is 12.4 Å². The average molecular weight is 230 g/mol. The Morgan fingerprint density at radius 2 is 1.86 bits per heavy atom. The summed E-state index contributed by atoms with van der Waals surface area (Å²) in [7, 11) is -3.99. The van der Waals surface area contributed by atoms with E-state index in [0.29, 0.717) is 0 Å². The van der Waals surface area contributed by atoms with Crippen LogP contribution in [0.3, 0.4) is 0 Å². The lowest BCUT2D eigenvalue weighted by Crippen LogP contribution is -2.23. The second kappa shape index (κ2) is 5.95. The highest BCUT2D eigenvalue weighted by molar-refractivity contribution is 7.80. The van der Waals surface area contributed by atoms with Crippen molar-refractivity contribution in [1.82, 2.24) is 4.57 Å². The van der Waals surface area contributed by atoms with Crippen LogP contribution in [0.4, 0.5) is 17.3 Å². The van der Waals surface area contributed by atoms with Gasteiger partial charge in [-0.2, -0.15) is 12.6 Å². The Morgan fingerprint density at radius 3 is 2.14 bits per heavy atom. The Kier molecular flexibility index (Phi) is 5.67. The summed E-state index contributed by atoms with van der Waals surface area (Å²) >= 11 is 4.11. The molecule has 0 amide bonds. The lowest BCUT2D eigenvalue weighted by molar-refractivity contribution is -0.671. The van der Waals surface area contributed by atoms with Crippen molar-refractivity contribution >= 4 is 19.9 Å². The normalized spacial score (nSPS) is 10.7. The number of hydrogen-bond donors (Lipinski definition) is 1. The third-order valence-corrected chi connectivity index (χ3v) is 1.38. The van der Waals surface area contributed by atoms with Crippen LogP contribution in [0, 0.1) is 0 Å². The minimum Gasteiger partial charge on any atom is -0.418 e. The van der Waals surface area contributed by atoms with E-state index in [2.05, 4.69) is 17.2 Å².